The Hall–Kier alpha value is -1.36. The standard InChI is InChI=1S/C42H62F4O/c1-3-31-11-15-35(16-12-31)39(21-7-5-8-22-39)41(45)25-19-33(27-37(41)43)29-47-30-34-20-26-42(46,38(44)28-34)40(23-9-6-10-24-40)36-17-13-32(4-2)14-18-36/h19-20,25-28,31-36H,3-18,21-24,29-30H2,1-2H3/t31?,32?,33-,34-,35?,36?,41-,42-/m1/s1. The molecule has 0 amide bonds. The summed E-state index contributed by atoms with van der Waals surface area (Å²) in [6.45, 7) is 4.87. The summed E-state index contributed by atoms with van der Waals surface area (Å²) in [5.74, 6) is -0.180. The van der Waals surface area contributed by atoms with Crippen molar-refractivity contribution in [3.8, 4) is 0 Å². The fourth-order valence-electron chi connectivity index (χ4n) is 11.5. The lowest BCUT2D eigenvalue weighted by molar-refractivity contribution is -0.0588. The highest BCUT2D eigenvalue weighted by atomic mass is 19.2. The van der Waals surface area contributed by atoms with Crippen LogP contribution in [0.3, 0.4) is 0 Å². The second-order valence-corrected chi connectivity index (χ2v) is 16.7. The van der Waals surface area contributed by atoms with E-state index in [-0.39, 0.29) is 36.9 Å². The zero-order chi connectivity index (χ0) is 33.1. The average Bonchev–Trinajstić information content (AvgIpc) is 3.12. The van der Waals surface area contributed by atoms with Gasteiger partial charge in [-0.1, -0.05) is 103 Å². The Bertz CT molecular complexity index is 1070. The Kier molecular flexibility index (Phi) is 11.2. The molecule has 6 aliphatic carbocycles. The Morgan fingerprint density at radius 2 is 0.936 bits per heavy atom. The summed E-state index contributed by atoms with van der Waals surface area (Å²) in [5, 5.41) is 0. The van der Waals surface area contributed by atoms with Gasteiger partial charge in [0.15, 0.2) is 11.3 Å². The van der Waals surface area contributed by atoms with E-state index in [4.69, 9.17) is 4.74 Å². The molecule has 4 saturated carbocycles. The van der Waals surface area contributed by atoms with E-state index >= 15 is 17.6 Å². The van der Waals surface area contributed by atoms with Crippen molar-refractivity contribution in [3.05, 3.63) is 48.1 Å². The van der Waals surface area contributed by atoms with Crippen molar-refractivity contribution >= 4 is 0 Å². The van der Waals surface area contributed by atoms with Gasteiger partial charge in [-0.2, -0.15) is 0 Å². The molecule has 5 heteroatoms. The van der Waals surface area contributed by atoms with Crippen LogP contribution < -0.4 is 0 Å². The van der Waals surface area contributed by atoms with Crippen LogP contribution in [0.2, 0.25) is 0 Å². The molecule has 0 aliphatic heterocycles. The molecule has 0 aromatic rings. The number of allylic oxidation sites excluding steroid dienone is 4. The third-order valence-corrected chi connectivity index (χ3v) is 14.5. The lowest BCUT2D eigenvalue weighted by atomic mass is 9.53. The van der Waals surface area contributed by atoms with Crippen molar-refractivity contribution < 1.29 is 22.3 Å². The largest absolute Gasteiger partial charge is 0.380 e. The Balaban J connectivity index is 1.08. The van der Waals surface area contributed by atoms with Gasteiger partial charge in [0.2, 0.25) is 0 Å². The fraction of sp³-hybridized carbons (Fsp3) is 0.810. The van der Waals surface area contributed by atoms with Crippen molar-refractivity contribution in [3.63, 3.8) is 0 Å². The van der Waals surface area contributed by atoms with Crippen LogP contribution in [0, 0.1) is 46.3 Å². The third kappa shape index (κ3) is 6.63. The second kappa shape index (κ2) is 14.9. The van der Waals surface area contributed by atoms with E-state index in [0.717, 1.165) is 116 Å². The quantitative estimate of drug-likeness (QED) is 0.168. The van der Waals surface area contributed by atoms with Crippen molar-refractivity contribution in [1.82, 2.24) is 0 Å². The number of alkyl halides is 2. The predicted molar refractivity (Wildman–Crippen MR) is 185 cm³/mol. The first kappa shape index (κ1) is 35.5. The average molecular weight is 659 g/mol. The topological polar surface area (TPSA) is 9.23 Å². The molecule has 0 N–H and O–H groups in total. The zero-order valence-corrected chi connectivity index (χ0v) is 29.4. The molecule has 1 nitrogen and oxygen atoms in total. The monoisotopic (exact) mass is 658 g/mol. The van der Waals surface area contributed by atoms with Gasteiger partial charge in [0.1, 0.15) is 11.7 Å². The zero-order valence-electron chi connectivity index (χ0n) is 29.4. The summed E-state index contributed by atoms with van der Waals surface area (Å²) in [4.78, 5) is 0. The molecular formula is C42H62F4O. The van der Waals surface area contributed by atoms with Gasteiger partial charge in [-0.15, -0.1) is 0 Å². The summed E-state index contributed by atoms with van der Waals surface area (Å²) in [5.41, 5.74) is -5.43. The van der Waals surface area contributed by atoms with Gasteiger partial charge >= 0.3 is 0 Å². The van der Waals surface area contributed by atoms with Crippen LogP contribution in [0.25, 0.3) is 0 Å². The van der Waals surface area contributed by atoms with E-state index < -0.39 is 33.8 Å². The van der Waals surface area contributed by atoms with Gasteiger partial charge in [0, 0.05) is 22.7 Å². The Morgan fingerprint density at radius 1 is 0.574 bits per heavy atom. The number of hydrogen-bond acceptors (Lipinski definition) is 1. The fourth-order valence-corrected chi connectivity index (χ4v) is 11.5. The highest BCUT2D eigenvalue weighted by Crippen LogP contribution is 2.62. The number of halogens is 4. The van der Waals surface area contributed by atoms with E-state index in [1.54, 1.807) is 12.2 Å². The molecule has 0 bridgehead atoms. The summed E-state index contributed by atoms with van der Waals surface area (Å²) < 4.78 is 72.1. The normalized spacial score (nSPS) is 40.5. The second-order valence-electron chi connectivity index (χ2n) is 16.7. The molecule has 0 aromatic carbocycles. The molecule has 6 aliphatic rings. The van der Waals surface area contributed by atoms with Gasteiger partial charge < -0.3 is 4.74 Å². The minimum atomic E-state index is -2.05. The Morgan fingerprint density at radius 3 is 1.26 bits per heavy atom. The third-order valence-electron chi connectivity index (χ3n) is 14.5. The number of rotatable bonds is 10. The van der Waals surface area contributed by atoms with Crippen LogP contribution in [0.4, 0.5) is 17.6 Å². The van der Waals surface area contributed by atoms with E-state index in [0.29, 0.717) is 11.8 Å². The molecule has 6 rings (SSSR count). The summed E-state index contributed by atoms with van der Waals surface area (Å²) >= 11 is 0. The van der Waals surface area contributed by atoms with Crippen molar-refractivity contribution in [2.75, 3.05) is 13.2 Å². The minimum absolute atomic E-state index is 0.194. The highest BCUT2D eigenvalue weighted by molar-refractivity contribution is 5.35. The molecule has 0 heterocycles. The van der Waals surface area contributed by atoms with Gasteiger partial charge in [0.05, 0.1) is 13.2 Å². The van der Waals surface area contributed by atoms with Crippen LogP contribution in [0.5, 0.6) is 0 Å². The maximum Gasteiger partial charge on any atom is 0.185 e. The van der Waals surface area contributed by atoms with Gasteiger partial charge in [-0.05, 0) is 99.3 Å². The van der Waals surface area contributed by atoms with E-state index in [1.165, 1.54) is 37.1 Å². The molecule has 0 spiro atoms. The van der Waals surface area contributed by atoms with E-state index in [9.17, 15) is 0 Å². The Labute approximate surface area is 283 Å². The molecule has 264 valence electrons. The van der Waals surface area contributed by atoms with E-state index in [2.05, 4.69) is 13.8 Å². The first-order chi connectivity index (χ1) is 22.7. The molecule has 47 heavy (non-hydrogen) atoms. The van der Waals surface area contributed by atoms with Gasteiger partial charge in [-0.25, -0.2) is 17.6 Å². The first-order valence-corrected chi connectivity index (χ1v) is 19.8. The van der Waals surface area contributed by atoms with Crippen molar-refractivity contribution in [2.24, 2.45) is 46.3 Å². The number of ether oxygens (including phenoxy) is 1. The molecule has 0 radical (unpaired) electrons. The van der Waals surface area contributed by atoms with Crippen LogP contribution >= 0.6 is 0 Å². The number of hydrogen-bond donors (Lipinski definition) is 0. The van der Waals surface area contributed by atoms with Crippen LogP contribution in [0.15, 0.2) is 48.1 Å². The molecule has 4 atom stereocenters. The van der Waals surface area contributed by atoms with Crippen LogP contribution in [-0.4, -0.2) is 24.6 Å². The SMILES string of the molecule is CCC1CCC(C2([C@@]3(F)C=C[C@@H](COC[C@@H]4C=C[C@](F)(C5(C6CCC(CC)CC6)CCCCC5)C(F)=C4)C=C3F)CCCCC2)CC1. The lowest BCUT2D eigenvalue weighted by Gasteiger charge is -2.53. The predicted octanol–water partition coefficient (Wildman–Crippen LogP) is 12.8. The van der Waals surface area contributed by atoms with Gasteiger partial charge in [-0.3, -0.25) is 0 Å². The molecule has 4 fully saturated rings. The lowest BCUT2D eigenvalue weighted by Crippen LogP contribution is -2.52. The van der Waals surface area contributed by atoms with Crippen molar-refractivity contribution in [1.29, 1.82) is 0 Å². The molecule has 0 aromatic heterocycles. The van der Waals surface area contributed by atoms with Crippen molar-refractivity contribution in [2.45, 2.75) is 154 Å². The van der Waals surface area contributed by atoms with E-state index in [1.807, 2.05) is 0 Å². The minimum Gasteiger partial charge on any atom is -0.380 e. The summed E-state index contributed by atoms with van der Waals surface area (Å²) in [7, 11) is 0. The highest BCUT2D eigenvalue weighted by Gasteiger charge is 2.60. The molecular weight excluding hydrogens is 596 g/mol. The first-order valence-electron chi connectivity index (χ1n) is 19.8. The molecule has 0 saturated heterocycles. The van der Waals surface area contributed by atoms with Crippen LogP contribution in [-0.2, 0) is 4.74 Å². The maximum atomic E-state index is 17.1. The van der Waals surface area contributed by atoms with Crippen LogP contribution in [0.1, 0.15) is 142 Å². The van der Waals surface area contributed by atoms with Gasteiger partial charge in [0.25, 0.3) is 0 Å². The summed E-state index contributed by atoms with van der Waals surface area (Å²) in [6.07, 6.45) is 29.4. The molecule has 0 unspecified atom stereocenters. The summed E-state index contributed by atoms with van der Waals surface area (Å²) in [6, 6.07) is 0. The smallest absolute Gasteiger partial charge is 0.185 e. The maximum absolute atomic E-state index is 17.1.